The van der Waals surface area contributed by atoms with Crippen molar-refractivity contribution in [3.8, 4) is 11.4 Å². The van der Waals surface area contributed by atoms with Gasteiger partial charge >= 0.3 is 0 Å². The first-order chi connectivity index (χ1) is 12.2. The van der Waals surface area contributed by atoms with E-state index in [1.165, 1.54) is 11.8 Å². The van der Waals surface area contributed by atoms with Gasteiger partial charge in [-0.3, -0.25) is 14.3 Å². The molecule has 2 aromatic heterocycles. The maximum Gasteiger partial charge on any atom is 0.192 e. The molecule has 0 saturated carbocycles. The Morgan fingerprint density at radius 1 is 1.20 bits per heavy atom. The molecule has 5 nitrogen and oxygen atoms in total. The van der Waals surface area contributed by atoms with Gasteiger partial charge in [-0.25, -0.2) is 0 Å². The van der Waals surface area contributed by atoms with Crippen molar-refractivity contribution in [2.75, 3.05) is 5.75 Å². The van der Waals surface area contributed by atoms with Gasteiger partial charge in [-0.05, 0) is 24.6 Å². The van der Waals surface area contributed by atoms with Crippen LogP contribution in [0.15, 0.2) is 66.6 Å². The SMILES string of the molecule is C=CCn1c(SCC(=O)c2ccccc2C)nnc1-c1ccncc1. The number of carbonyl (C=O) groups excluding carboxylic acids is 1. The van der Waals surface area contributed by atoms with Gasteiger partial charge in [0.15, 0.2) is 16.8 Å². The zero-order valence-corrected chi connectivity index (χ0v) is 14.7. The van der Waals surface area contributed by atoms with Gasteiger partial charge in [0, 0.05) is 30.1 Å². The first-order valence-corrected chi connectivity index (χ1v) is 8.85. The van der Waals surface area contributed by atoms with E-state index in [9.17, 15) is 4.79 Å². The molecule has 3 rings (SSSR count). The Bertz CT molecular complexity index is 889. The van der Waals surface area contributed by atoms with Crippen LogP contribution >= 0.6 is 11.8 Å². The quantitative estimate of drug-likeness (QED) is 0.368. The van der Waals surface area contributed by atoms with Gasteiger partial charge in [-0.1, -0.05) is 42.1 Å². The van der Waals surface area contributed by atoms with Gasteiger partial charge in [-0.2, -0.15) is 0 Å². The van der Waals surface area contributed by atoms with Crippen LogP contribution < -0.4 is 0 Å². The fraction of sp³-hybridized carbons (Fsp3) is 0.158. The van der Waals surface area contributed by atoms with Crippen molar-refractivity contribution in [1.29, 1.82) is 0 Å². The van der Waals surface area contributed by atoms with Crippen LogP contribution in [0.1, 0.15) is 15.9 Å². The number of ketones is 1. The molecule has 1 aromatic carbocycles. The zero-order chi connectivity index (χ0) is 17.6. The smallest absolute Gasteiger partial charge is 0.192 e. The van der Waals surface area contributed by atoms with Gasteiger partial charge in [0.05, 0.1) is 5.75 Å². The highest BCUT2D eigenvalue weighted by Crippen LogP contribution is 2.24. The Balaban J connectivity index is 1.81. The molecule has 25 heavy (non-hydrogen) atoms. The zero-order valence-electron chi connectivity index (χ0n) is 13.9. The average Bonchev–Trinajstić information content (AvgIpc) is 3.04. The minimum atomic E-state index is 0.0849. The summed E-state index contributed by atoms with van der Waals surface area (Å²) < 4.78 is 1.96. The average molecular weight is 350 g/mol. The van der Waals surface area contributed by atoms with Crippen molar-refractivity contribution in [3.63, 3.8) is 0 Å². The first kappa shape index (κ1) is 17.1. The molecule has 0 radical (unpaired) electrons. The Labute approximate surface area is 150 Å². The lowest BCUT2D eigenvalue weighted by molar-refractivity contribution is 0.102. The van der Waals surface area contributed by atoms with E-state index in [0.29, 0.717) is 17.5 Å². The number of nitrogens with zero attached hydrogens (tertiary/aromatic N) is 4. The third-order valence-corrected chi connectivity index (χ3v) is 4.71. The lowest BCUT2D eigenvalue weighted by Crippen LogP contribution is -2.06. The predicted octanol–water partition coefficient (Wildman–Crippen LogP) is 3.81. The molecular formula is C19H18N4OS. The Morgan fingerprint density at radius 3 is 2.68 bits per heavy atom. The van der Waals surface area contributed by atoms with Crippen LogP contribution in [-0.4, -0.2) is 31.3 Å². The van der Waals surface area contributed by atoms with Crippen LogP contribution in [0.3, 0.4) is 0 Å². The summed E-state index contributed by atoms with van der Waals surface area (Å²) in [6.45, 7) is 6.32. The summed E-state index contributed by atoms with van der Waals surface area (Å²) in [5.41, 5.74) is 2.67. The summed E-state index contributed by atoms with van der Waals surface area (Å²) in [5, 5.41) is 9.24. The van der Waals surface area contributed by atoms with E-state index in [4.69, 9.17) is 0 Å². The van der Waals surface area contributed by atoms with Crippen LogP contribution in [0.5, 0.6) is 0 Å². The van der Waals surface area contributed by atoms with E-state index in [1.807, 2.05) is 47.9 Å². The molecular weight excluding hydrogens is 332 g/mol. The van der Waals surface area contributed by atoms with Crippen molar-refractivity contribution in [3.05, 3.63) is 72.6 Å². The van der Waals surface area contributed by atoms with Crippen LogP contribution in [0.25, 0.3) is 11.4 Å². The number of hydrogen-bond donors (Lipinski definition) is 0. The Hall–Kier alpha value is -2.73. The second-order valence-corrected chi connectivity index (χ2v) is 6.41. The molecule has 0 aliphatic heterocycles. The molecule has 6 heteroatoms. The standard InChI is InChI=1S/C19H18N4OS/c1-3-12-23-18(15-8-10-20-11-9-15)21-22-19(23)25-13-17(24)16-7-5-4-6-14(16)2/h3-11H,1,12-13H2,2H3. The van der Waals surface area contributed by atoms with E-state index in [-0.39, 0.29) is 5.78 Å². The third-order valence-electron chi connectivity index (χ3n) is 3.74. The normalized spacial score (nSPS) is 10.6. The molecule has 0 unspecified atom stereocenters. The van der Waals surface area contributed by atoms with Gasteiger partial charge in [-0.15, -0.1) is 16.8 Å². The summed E-state index contributed by atoms with van der Waals surface area (Å²) in [6, 6.07) is 11.4. The van der Waals surface area contributed by atoms with Crippen molar-refractivity contribution >= 4 is 17.5 Å². The highest BCUT2D eigenvalue weighted by molar-refractivity contribution is 7.99. The minimum Gasteiger partial charge on any atom is -0.298 e. The highest BCUT2D eigenvalue weighted by atomic mass is 32.2. The fourth-order valence-corrected chi connectivity index (χ4v) is 3.33. The van der Waals surface area contributed by atoms with Crippen molar-refractivity contribution in [1.82, 2.24) is 19.7 Å². The lowest BCUT2D eigenvalue weighted by atomic mass is 10.1. The molecule has 0 spiro atoms. The predicted molar refractivity (Wildman–Crippen MR) is 99.7 cm³/mol. The van der Waals surface area contributed by atoms with Crippen LogP contribution in [0.4, 0.5) is 0 Å². The first-order valence-electron chi connectivity index (χ1n) is 7.87. The number of rotatable bonds is 7. The molecule has 0 amide bonds. The monoisotopic (exact) mass is 350 g/mol. The molecule has 0 bridgehead atoms. The summed E-state index contributed by atoms with van der Waals surface area (Å²) >= 11 is 1.39. The lowest BCUT2D eigenvalue weighted by Gasteiger charge is -2.08. The maximum atomic E-state index is 12.5. The molecule has 126 valence electrons. The Kier molecular flexibility index (Phi) is 5.40. The largest absolute Gasteiger partial charge is 0.298 e. The Morgan fingerprint density at radius 2 is 1.96 bits per heavy atom. The van der Waals surface area contributed by atoms with Crippen LogP contribution in [-0.2, 0) is 6.54 Å². The van der Waals surface area contributed by atoms with E-state index < -0.39 is 0 Å². The molecule has 0 aliphatic rings. The molecule has 0 aliphatic carbocycles. The van der Waals surface area contributed by atoms with E-state index >= 15 is 0 Å². The van der Waals surface area contributed by atoms with Crippen molar-refractivity contribution in [2.24, 2.45) is 0 Å². The van der Waals surface area contributed by atoms with E-state index in [2.05, 4.69) is 21.8 Å². The van der Waals surface area contributed by atoms with Gasteiger partial charge in [0.1, 0.15) is 0 Å². The number of aryl methyl sites for hydroxylation is 1. The number of thioether (sulfide) groups is 1. The van der Waals surface area contributed by atoms with Crippen LogP contribution in [0, 0.1) is 6.92 Å². The number of carbonyl (C=O) groups is 1. The fourth-order valence-electron chi connectivity index (χ4n) is 2.50. The highest BCUT2D eigenvalue weighted by Gasteiger charge is 2.16. The maximum absolute atomic E-state index is 12.5. The van der Waals surface area contributed by atoms with Gasteiger partial charge in [0.2, 0.25) is 0 Å². The summed E-state index contributed by atoms with van der Waals surface area (Å²) in [4.78, 5) is 16.5. The van der Waals surface area contributed by atoms with E-state index in [1.54, 1.807) is 18.5 Å². The molecule has 3 aromatic rings. The second kappa shape index (κ2) is 7.90. The number of pyridine rings is 1. The second-order valence-electron chi connectivity index (χ2n) is 5.47. The van der Waals surface area contributed by atoms with Crippen molar-refractivity contribution < 1.29 is 4.79 Å². The van der Waals surface area contributed by atoms with E-state index in [0.717, 1.165) is 22.5 Å². The summed E-state index contributed by atoms with van der Waals surface area (Å²) in [7, 11) is 0. The third kappa shape index (κ3) is 3.85. The van der Waals surface area contributed by atoms with Crippen molar-refractivity contribution in [2.45, 2.75) is 18.6 Å². The number of allylic oxidation sites excluding steroid dienone is 1. The van der Waals surface area contributed by atoms with Crippen LogP contribution in [0.2, 0.25) is 0 Å². The minimum absolute atomic E-state index is 0.0849. The summed E-state index contributed by atoms with van der Waals surface area (Å²) in [6.07, 6.45) is 5.23. The van der Waals surface area contributed by atoms with Gasteiger partial charge in [0.25, 0.3) is 0 Å². The number of aromatic nitrogens is 4. The number of Topliss-reactive ketones (excluding diaryl/α,β-unsaturated/α-hetero) is 1. The number of benzene rings is 1. The molecule has 0 N–H and O–H groups in total. The molecule has 2 heterocycles. The molecule has 0 saturated heterocycles. The topological polar surface area (TPSA) is 60.7 Å². The van der Waals surface area contributed by atoms with Gasteiger partial charge < -0.3 is 0 Å². The molecule has 0 fully saturated rings. The number of hydrogen-bond acceptors (Lipinski definition) is 5. The summed E-state index contributed by atoms with van der Waals surface area (Å²) in [5.74, 6) is 1.14. The molecule has 0 atom stereocenters.